The third kappa shape index (κ3) is 5.13. The van der Waals surface area contributed by atoms with E-state index in [9.17, 15) is 13.2 Å². The van der Waals surface area contributed by atoms with Crippen molar-refractivity contribution in [1.29, 1.82) is 0 Å². The van der Waals surface area contributed by atoms with E-state index in [0.717, 1.165) is 49.0 Å². The molecule has 1 aromatic carbocycles. The fourth-order valence-electron chi connectivity index (χ4n) is 4.88. The molecule has 0 spiro atoms. The van der Waals surface area contributed by atoms with Gasteiger partial charge < -0.3 is 9.42 Å². The predicted octanol–water partition coefficient (Wildman–Crippen LogP) is 4.43. The molecule has 0 unspecified atom stereocenters. The van der Waals surface area contributed by atoms with Crippen molar-refractivity contribution >= 4 is 28.1 Å². The second kappa shape index (κ2) is 10.0. The maximum Gasteiger partial charge on any atom is 0.248 e. The van der Waals surface area contributed by atoms with E-state index in [1.165, 1.54) is 4.31 Å². The highest BCUT2D eigenvalue weighted by Crippen LogP contribution is 2.30. The molecule has 2 aliphatic rings. The molecule has 1 atom stereocenters. The highest BCUT2D eigenvalue weighted by molar-refractivity contribution is 7.89. The smallest absolute Gasteiger partial charge is 0.248 e. The van der Waals surface area contributed by atoms with Crippen LogP contribution in [0.5, 0.6) is 0 Å². The summed E-state index contributed by atoms with van der Waals surface area (Å²) in [5.74, 6) is 0.644. The molecule has 2 aromatic rings. The van der Waals surface area contributed by atoms with Crippen molar-refractivity contribution in [1.82, 2.24) is 14.4 Å². The molecular formula is C26H35N3O4S. The number of aryl methyl sites for hydroxylation is 3. The molecule has 0 bridgehead atoms. The van der Waals surface area contributed by atoms with Crippen LogP contribution in [-0.2, 0) is 14.8 Å². The van der Waals surface area contributed by atoms with Crippen LogP contribution in [0.1, 0.15) is 60.8 Å². The molecule has 3 heterocycles. The third-order valence-electron chi connectivity index (χ3n) is 7.11. The van der Waals surface area contributed by atoms with Gasteiger partial charge in [-0.15, -0.1) is 0 Å². The topological polar surface area (TPSA) is 83.7 Å². The minimum Gasteiger partial charge on any atom is -0.355 e. The number of benzene rings is 1. The zero-order chi connectivity index (χ0) is 24.5. The first-order valence-corrected chi connectivity index (χ1v) is 13.6. The van der Waals surface area contributed by atoms with E-state index in [-0.39, 0.29) is 29.0 Å². The predicted molar refractivity (Wildman–Crippen MR) is 133 cm³/mol. The minimum atomic E-state index is -3.85. The van der Waals surface area contributed by atoms with Gasteiger partial charge in [0.25, 0.3) is 0 Å². The molecule has 2 aliphatic heterocycles. The van der Waals surface area contributed by atoms with Crippen molar-refractivity contribution in [2.45, 2.75) is 58.3 Å². The van der Waals surface area contributed by atoms with Gasteiger partial charge in [-0.2, -0.15) is 4.31 Å². The molecule has 7 nitrogen and oxygen atoms in total. The van der Waals surface area contributed by atoms with E-state index < -0.39 is 10.0 Å². The van der Waals surface area contributed by atoms with Crippen molar-refractivity contribution in [3.8, 4) is 0 Å². The van der Waals surface area contributed by atoms with Crippen molar-refractivity contribution in [2.24, 2.45) is 11.8 Å². The van der Waals surface area contributed by atoms with Gasteiger partial charge in [0.15, 0.2) is 10.7 Å². The monoisotopic (exact) mass is 485 g/mol. The van der Waals surface area contributed by atoms with Gasteiger partial charge in [0.1, 0.15) is 5.69 Å². The number of piperidine rings is 2. The lowest BCUT2D eigenvalue weighted by molar-refractivity contribution is -0.138. The Kier molecular flexibility index (Phi) is 7.28. The molecular weight excluding hydrogens is 450 g/mol. The van der Waals surface area contributed by atoms with Gasteiger partial charge in [-0.05, 0) is 69.6 Å². The van der Waals surface area contributed by atoms with Crippen LogP contribution in [0.3, 0.4) is 0 Å². The Morgan fingerprint density at radius 2 is 1.82 bits per heavy atom. The molecule has 2 saturated heterocycles. The number of hydrogen-bond donors (Lipinski definition) is 0. The summed E-state index contributed by atoms with van der Waals surface area (Å²) < 4.78 is 34.2. The summed E-state index contributed by atoms with van der Waals surface area (Å²) >= 11 is 0. The number of likely N-dealkylation sites (tertiary alicyclic amines) is 1. The summed E-state index contributed by atoms with van der Waals surface area (Å²) in [4.78, 5) is 15.1. The van der Waals surface area contributed by atoms with Crippen molar-refractivity contribution in [3.63, 3.8) is 0 Å². The second-order valence-corrected chi connectivity index (χ2v) is 11.7. The van der Waals surface area contributed by atoms with Crippen LogP contribution in [0.4, 0.5) is 0 Å². The Bertz CT molecular complexity index is 1180. The number of nitrogens with zero attached hydrogens (tertiary/aromatic N) is 3. The van der Waals surface area contributed by atoms with E-state index in [1.807, 2.05) is 43.0 Å². The summed E-state index contributed by atoms with van der Waals surface area (Å²) in [5.41, 5.74) is 3.54. The molecule has 8 heteroatoms. The summed E-state index contributed by atoms with van der Waals surface area (Å²) in [6.07, 6.45) is 6.95. The van der Waals surface area contributed by atoms with Crippen LogP contribution < -0.4 is 0 Å². The maximum atomic E-state index is 13.7. The summed E-state index contributed by atoms with van der Waals surface area (Å²) in [6, 6.07) is 6.12. The number of rotatable bonds is 5. The number of carbonyl (C=O) groups excluding carboxylic acids is 1. The van der Waals surface area contributed by atoms with Crippen molar-refractivity contribution in [2.75, 3.05) is 26.2 Å². The van der Waals surface area contributed by atoms with Crippen LogP contribution in [0, 0.1) is 32.6 Å². The minimum absolute atomic E-state index is 0.0869. The number of amides is 1. The molecule has 1 aromatic heterocycles. The standard InChI is InChI=1S/C26H35N3O4S/c1-18-11-14-28(15-12-18)26(30)23-6-5-13-29(17-23)34(31,32)25-21(4)27-33-24(25)10-9-22-16-19(2)7-8-20(22)3/h7-10,16,18,23H,5-6,11-15,17H2,1-4H3/b10-9+/t23-/m1/s1. The normalized spacial score (nSPS) is 20.8. The molecule has 0 aliphatic carbocycles. The Morgan fingerprint density at radius 3 is 2.56 bits per heavy atom. The Balaban J connectivity index is 1.55. The molecule has 0 N–H and O–H groups in total. The van der Waals surface area contributed by atoms with E-state index in [1.54, 1.807) is 13.0 Å². The average molecular weight is 486 g/mol. The first-order chi connectivity index (χ1) is 16.2. The highest BCUT2D eigenvalue weighted by Gasteiger charge is 2.38. The lowest BCUT2D eigenvalue weighted by Crippen LogP contribution is -2.48. The van der Waals surface area contributed by atoms with Gasteiger partial charge in [0, 0.05) is 26.2 Å². The molecule has 1 amide bonds. The van der Waals surface area contributed by atoms with Crippen LogP contribution in [-0.4, -0.2) is 54.9 Å². The quantitative estimate of drug-likeness (QED) is 0.626. The van der Waals surface area contributed by atoms with E-state index in [0.29, 0.717) is 24.6 Å². The first kappa shape index (κ1) is 24.7. The molecule has 184 valence electrons. The SMILES string of the molecule is Cc1ccc(C)c(/C=C/c2onc(C)c2S(=O)(=O)N2CCC[C@@H](C(=O)N3CCC(C)CC3)C2)c1. The molecule has 0 radical (unpaired) electrons. The van der Waals surface area contributed by atoms with Crippen molar-refractivity contribution in [3.05, 3.63) is 46.3 Å². The van der Waals surface area contributed by atoms with Crippen molar-refractivity contribution < 1.29 is 17.7 Å². The number of hydrogen-bond acceptors (Lipinski definition) is 5. The van der Waals surface area contributed by atoms with Gasteiger partial charge in [0.2, 0.25) is 15.9 Å². The first-order valence-electron chi connectivity index (χ1n) is 12.2. The lowest BCUT2D eigenvalue weighted by atomic mass is 9.94. The maximum absolute atomic E-state index is 13.7. The number of aromatic nitrogens is 1. The van der Waals surface area contributed by atoms with Gasteiger partial charge >= 0.3 is 0 Å². The highest BCUT2D eigenvalue weighted by atomic mass is 32.2. The Morgan fingerprint density at radius 1 is 1.09 bits per heavy atom. The zero-order valence-corrected chi connectivity index (χ0v) is 21.4. The van der Waals surface area contributed by atoms with Crippen LogP contribution in [0.15, 0.2) is 27.6 Å². The van der Waals surface area contributed by atoms with Gasteiger partial charge in [0.05, 0.1) is 5.92 Å². The zero-order valence-electron chi connectivity index (χ0n) is 20.6. The molecule has 0 saturated carbocycles. The molecule has 4 rings (SSSR count). The lowest BCUT2D eigenvalue weighted by Gasteiger charge is -2.36. The van der Waals surface area contributed by atoms with E-state index in [4.69, 9.17) is 4.52 Å². The third-order valence-corrected chi connectivity index (χ3v) is 9.13. The summed E-state index contributed by atoms with van der Waals surface area (Å²) in [7, 11) is -3.85. The van der Waals surface area contributed by atoms with Crippen LogP contribution in [0.25, 0.3) is 12.2 Å². The average Bonchev–Trinajstić information content (AvgIpc) is 3.21. The van der Waals surface area contributed by atoms with Gasteiger partial charge in [-0.3, -0.25) is 4.79 Å². The van der Waals surface area contributed by atoms with Gasteiger partial charge in [-0.25, -0.2) is 8.42 Å². The van der Waals surface area contributed by atoms with Gasteiger partial charge in [-0.1, -0.05) is 41.9 Å². The Labute approximate surface area is 202 Å². The summed E-state index contributed by atoms with van der Waals surface area (Å²) in [6.45, 7) is 10.0. The Hall–Kier alpha value is -2.45. The van der Waals surface area contributed by atoms with E-state index in [2.05, 4.69) is 12.1 Å². The fourth-order valence-corrected chi connectivity index (χ4v) is 6.66. The van der Waals surface area contributed by atoms with Crippen LogP contribution in [0.2, 0.25) is 0 Å². The summed E-state index contributed by atoms with van der Waals surface area (Å²) in [5, 5.41) is 3.96. The molecule has 2 fully saturated rings. The number of sulfonamides is 1. The second-order valence-electron chi connectivity index (χ2n) is 9.86. The fraction of sp³-hybridized carbons (Fsp3) is 0.538. The largest absolute Gasteiger partial charge is 0.355 e. The molecule has 34 heavy (non-hydrogen) atoms. The number of carbonyl (C=O) groups is 1. The van der Waals surface area contributed by atoms with Crippen LogP contribution >= 0.6 is 0 Å². The van der Waals surface area contributed by atoms with E-state index >= 15 is 0 Å².